The van der Waals surface area contributed by atoms with Gasteiger partial charge in [-0.25, -0.2) is 0 Å². The van der Waals surface area contributed by atoms with Crippen molar-refractivity contribution in [3.8, 4) is 0 Å². The van der Waals surface area contributed by atoms with Crippen molar-refractivity contribution in [1.29, 1.82) is 0 Å². The lowest BCUT2D eigenvalue weighted by atomic mass is 10.4. The number of halogens is 4. The van der Waals surface area contributed by atoms with Crippen LogP contribution in [0.1, 0.15) is 0 Å². The number of hydrogen-bond acceptors (Lipinski definition) is 2. The van der Waals surface area contributed by atoms with Gasteiger partial charge in [0, 0.05) is 4.43 Å². The third-order valence-electron chi connectivity index (χ3n) is 1.27. The lowest BCUT2D eigenvalue weighted by molar-refractivity contribution is -0.0613. The molecule has 1 unspecified atom stereocenters. The Morgan fingerprint density at radius 2 is 2.27 bits per heavy atom. The molecular formula is C5H6F3IN2. The zero-order chi connectivity index (χ0) is 8.48. The molecule has 1 aliphatic heterocycles. The maximum absolute atomic E-state index is 11.9. The second-order valence-corrected chi connectivity index (χ2v) is 3.06. The van der Waals surface area contributed by atoms with E-state index in [1.807, 2.05) is 22.6 Å². The minimum absolute atomic E-state index is 0.146. The minimum Gasteiger partial charge on any atom is -0.361 e. The Morgan fingerprint density at radius 3 is 2.55 bits per heavy atom. The number of aliphatic imine (C=N–C) groups is 1. The van der Waals surface area contributed by atoms with Crippen LogP contribution in [0.4, 0.5) is 13.2 Å². The van der Waals surface area contributed by atoms with E-state index in [2.05, 4.69) is 10.3 Å². The molecule has 0 fully saturated rings. The predicted molar refractivity (Wildman–Crippen MR) is 44.2 cm³/mol. The molecule has 1 heterocycles. The first-order chi connectivity index (χ1) is 5.04. The first-order valence-electron chi connectivity index (χ1n) is 2.98. The molecule has 0 saturated carbocycles. The van der Waals surface area contributed by atoms with Crippen LogP contribution in [0, 0.1) is 0 Å². The van der Waals surface area contributed by atoms with Gasteiger partial charge in [0.25, 0.3) is 0 Å². The Hall–Kier alpha value is -0.0100. The van der Waals surface area contributed by atoms with Crippen molar-refractivity contribution in [1.82, 2.24) is 5.32 Å². The molecule has 0 aromatic carbocycles. The van der Waals surface area contributed by atoms with Crippen LogP contribution in [0.2, 0.25) is 0 Å². The van der Waals surface area contributed by atoms with E-state index in [9.17, 15) is 13.2 Å². The summed E-state index contributed by atoms with van der Waals surface area (Å²) in [6.45, 7) is 0.234. The molecule has 0 amide bonds. The maximum atomic E-state index is 11.9. The summed E-state index contributed by atoms with van der Waals surface area (Å²) in [7, 11) is 0. The normalized spacial score (nSPS) is 24.7. The number of alkyl halides is 4. The summed E-state index contributed by atoms with van der Waals surface area (Å²) in [5, 5.41) is 2.30. The number of nitrogens with zero attached hydrogens (tertiary/aromatic N) is 1. The molecule has 1 aliphatic rings. The molecule has 11 heavy (non-hydrogen) atoms. The fourth-order valence-corrected chi connectivity index (χ4v) is 1.24. The molecular weight excluding hydrogens is 272 g/mol. The van der Waals surface area contributed by atoms with E-state index in [0.29, 0.717) is 4.43 Å². The number of amidine groups is 1. The molecule has 1 atom stereocenters. The van der Waals surface area contributed by atoms with Gasteiger partial charge in [0.05, 0.1) is 12.6 Å². The SMILES string of the molecule is FC(F)(F)C1=NCC(CI)N1. The van der Waals surface area contributed by atoms with E-state index in [4.69, 9.17) is 0 Å². The van der Waals surface area contributed by atoms with E-state index >= 15 is 0 Å². The first-order valence-corrected chi connectivity index (χ1v) is 4.50. The average Bonchev–Trinajstić information content (AvgIpc) is 2.32. The Bertz CT molecular complexity index is 177. The molecule has 0 aromatic rings. The van der Waals surface area contributed by atoms with Crippen molar-refractivity contribution in [2.45, 2.75) is 12.2 Å². The highest BCUT2D eigenvalue weighted by Crippen LogP contribution is 2.19. The van der Waals surface area contributed by atoms with Crippen LogP contribution in [0.25, 0.3) is 0 Å². The zero-order valence-electron chi connectivity index (χ0n) is 5.45. The van der Waals surface area contributed by atoms with Crippen LogP contribution >= 0.6 is 22.6 Å². The fraction of sp³-hybridized carbons (Fsp3) is 0.800. The topological polar surface area (TPSA) is 24.4 Å². The standard InChI is InChI=1S/C5H6F3IN2/c6-5(7,8)4-10-2-3(1-9)11-4/h3H,1-2H2,(H,10,11). The third-order valence-corrected chi connectivity index (χ3v) is 2.33. The van der Waals surface area contributed by atoms with Crippen molar-refractivity contribution < 1.29 is 13.2 Å². The Morgan fingerprint density at radius 1 is 1.64 bits per heavy atom. The van der Waals surface area contributed by atoms with E-state index in [0.717, 1.165) is 0 Å². The van der Waals surface area contributed by atoms with Gasteiger partial charge in [0.15, 0.2) is 0 Å². The predicted octanol–water partition coefficient (Wildman–Crippen LogP) is 1.35. The first kappa shape index (κ1) is 9.08. The summed E-state index contributed by atoms with van der Waals surface area (Å²) in [5.41, 5.74) is 0. The molecule has 0 aliphatic carbocycles. The highest BCUT2D eigenvalue weighted by molar-refractivity contribution is 14.1. The maximum Gasteiger partial charge on any atom is 0.448 e. The molecule has 0 aromatic heterocycles. The van der Waals surface area contributed by atoms with E-state index in [1.54, 1.807) is 0 Å². The highest BCUT2D eigenvalue weighted by atomic mass is 127. The minimum atomic E-state index is -4.31. The highest BCUT2D eigenvalue weighted by Gasteiger charge is 2.39. The quantitative estimate of drug-likeness (QED) is 0.568. The Labute approximate surface area is 75.4 Å². The molecule has 1 N–H and O–H groups in total. The van der Waals surface area contributed by atoms with Gasteiger partial charge in [0.1, 0.15) is 0 Å². The van der Waals surface area contributed by atoms with Gasteiger partial charge in [-0.3, -0.25) is 4.99 Å². The Kier molecular flexibility index (Phi) is 2.61. The number of hydrogen-bond donors (Lipinski definition) is 1. The number of rotatable bonds is 1. The third kappa shape index (κ3) is 2.21. The molecule has 6 heteroatoms. The van der Waals surface area contributed by atoms with Crippen LogP contribution in [-0.2, 0) is 0 Å². The average molecular weight is 278 g/mol. The molecule has 64 valence electrons. The van der Waals surface area contributed by atoms with Crippen molar-refractivity contribution >= 4 is 28.4 Å². The van der Waals surface area contributed by atoms with Crippen LogP contribution in [0.5, 0.6) is 0 Å². The van der Waals surface area contributed by atoms with Crippen molar-refractivity contribution in [2.75, 3.05) is 11.0 Å². The van der Waals surface area contributed by atoms with Gasteiger partial charge >= 0.3 is 6.18 Å². The molecule has 2 nitrogen and oxygen atoms in total. The van der Waals surface area contributed by atoms with Crippen LogP contribution < -0.4 is 5.32 Å². The molecule has 0 spiro atoms. The van der Waals surface area contributed by atoms with Gasteiger partial charge in [-0.1, -0.05) is 22.6 Å². The lowest BCUT2D eigenvalue weighted by Crippen LogP contribution is -2.39. The summed E-state index contributed by atoms with van der Waals surface area (Å²) in [6.07, 6.45) is -4.31. The van der Waals surface area contributed by atoms with Crippen molar-refractivity contribution in [3.63, 3.8) is 0 Å². The van der Waals surface area contributed by atoms with Gasteiger partial charge < -0.3 is 5.32 Å². The molecule has 0 bridgehead atoms. The fourth-order valence-electron chi connectivity index (χ4n) is 0.745. The van der Waals surface area contributed by atoms with E-state index in [-0.39, 0.29) is 12.6 Å². The largest absolute Gasteiger partial charge is 0.448 e. The van der Waals surface area contributed by atoms with Crippen molar-refractivity contribution in [3.05, 3.63) is 0 Å². The Balaban J connectivity index is 2.53. The van der Waals surface area contributed by atoms with Crippen LogP contribution in [0.3, 0.4) is 0 Å². The second-order valence-electron chi connectivity index (χ2n) is 2.18. The van der Waals surface area contributed by atoms with E-state index < -0.39 is 12.0 Å². The van der Waals surface area contributed by atoms with Gasteiger partial charge in [-0.2, -0.15) is 13.2 Å². The monoisotopic (exact) mass is 278 g/mol. The summed E-state index contributed by atoms with van der Waals surface area (Å²) in [4.78, 5) is 3.33. The van der Waals surface area contributed by atoms with Crippen LogP contribution in [-0.4, -0.2) is 29.0 Å². The molecule has 0 saturated heterocycles. The summed E-state index contributed by atoms with van der Waals surface area (Å²) in [5.74, 6) is -0.834. The van der Waals surface area contributed by atoms with Crippen molar-refractivity contribution in [2.24, 2.45) is 4.99 Å². The summed E-state index contributed by atoms with van der Waals surface area (Å²) >= 11 is 2.02. The molecule has 0 radical (unpaired) electrons. The summed E-state index contributed by atoms with van der Waals surface area (Å²) in [6, 6.07) is -0.146. The lowest BCUT2D eigenvalue weighted by Gasteiger charge is -2.09. The zero-order valence-corrected chi connectivity index (χ0v) is 7.61. The smallest absolute Gasteiger partial charge is 0.361 e. The second kappa shape index (κ2) is 3.16. The number of nitrogens with one attached hydrogen (secondary N) is 1. The summed E-state index contributed by atoms with van der Waals surface area (Å²) < 4.78 is 36.3. The van der Waals surface area contributed by atoms with Gasteiger partial charge in [-0.15, -0.1) is 0 Å². The van der Waals surface area contributed by atoms with Crippen LogP contribution in [0.15, 0.2) is 4.99 Å². The van der Waals surface area contributed by atoms with Gasteiger partial charge in [-0.05, 0) is 0 Å². The van der Waals surface area contributed by atoms with Gasteiger partial charge in [0.2, 0.25) is 5.84 Å². The van der Waals surface area contributed by atoms with E-state index in [1.165, 1.54) is 0 Å². The molecule has 1 rings (SSSR count).